The van der Waals surface area contributed by atoms with Crippen LogP contribution in [0.1, 0.15) is 24.5 Å². The zero-order valence-corrected chi connectivity index (χ0v) is 25.5. The lowest BCUT2D eigenvalue weighted by atomic mass is 10.0. The molecule has 208 valence electrons. The van der Waals surface area contributed by atoms with Gasteiger partial charge in [0.05, 0.1) is 22.0 Å². The van der Waals surface area contributed by atoms with Gasteiger partial charge in [-0.3, -0.25) is 13.9 Å². The number of hydrogen-bond acceptors (Lipinski definition) is 4. The SMILES string of the molecule is CCCNC(=O)[C@@H](Cc1ccccc1)N(Cc1ccc(Cl)c(Cl)c1)C(=O)CN(c1ccc(Br)cc1)S(C)(=O)=O. The van der Waals surface area contributed by atoms with E-state index in [1.807, 2.05) is 37.3 Å². The second kappa shape index (κ2) is 14.2. The predicted octanol–water partition coefficient (Wildman–Crippen LogP) is 5.69. The van der Waals surface area contributed by atoms with E-state index in [0.29, 0.717) is 27.8 Å². The van der Waals surface area contributed by atoms with Gasteiger partial charge in [0, 0.05) is 24.0 Å². The van der Waals surface area contributed by atoms with Gasteiger partial charge < -0.3 is 10.2 Å². The van der Waals surface area contributed by atoms with E-state index in [-0.39, 0.29) is 18.9 Å². The predicted molar refractivity (Wildman–Crippen MR) is 161 cm³/mol. The number of halogens is 3. The summed E-state index contributed by atoms with van der Waals surface area (Å²) in [7, 11) is -3.83. The third kappa shape index (κ3) is 8.96. The monoisotopic (exact) mass is 653 g/mol. The molecule has 0 unspecified atom stereocenters. The van der Waals surface area contributed by atoms with Crippen molar-refractivity contribution in [3.05, 3.63) is 98.4 Å². The summed E-state index contributed by atoms with van der Waals surface area (Å²) in [6.45, 7) is 1.90. The molecule has 0 bridgehead atoms. The Hall–Kier alpha value is -2.59. The first kappa shape index (κ1) is 30.9. The Labute approximate surface area is 248 Å². The van der Waals surface area contributed by atoms with Crippen molar-refractivity contribution in [3.63, 3.8) is 0 Å². The molecule has 3 aromatic rings. The van der Waals surface area contributed by atoms with E-state index >= 15 is 0 Å². The third-order valence-corrected chi connectivity index (χ3v) is 8.36. The van der Waals surface area contributed by atoms with Crippen LogP contribution in [0.15, 0.2) is 77.3 Å². The molecule has 0 saturated carbocycles. The highest BCUT2D eigenvalue weighted by Gasteiger charge is 2.33. The second-order valence-corrected chi connectivity index (χ2v) is 12.6. The Morgan fingerprint density at radius 2 is 1.62 bits per heavy atom. The molecule has 0 spiro atoms. The highest BCUT2D eigenvalue weighted by Crippen LogP contribution is 2.25. The normalized spacial score (nSPS) is 12.0. The molecule has 0 aliphatic heterocycles. The Kier molecular flexibility index (Phi) is 11.2. The summed E-state index contributed by atoms with van der Waals surface area (Å²) >= 11 is 15.7. The quantitative estimate of drug-likeness (QED) is 0.272. The van der Waals surface area contributed by atoms with Gasteiger partial charge >= 0.3 is 0 Å². The summed E-state index contributed by atoms with van der Waals surface area (Å²) in [5.41, 5.74) is 1.83. The van der Waals surface area contributed by atoms with Crippen LogP contribution in [0.5, 0.6) is 0 Å². The van der Waals surface area contributed by atoms with Gasteiger partial charge in [-0.15, -0.1) is 0 Å². The van der Waals surface area contributed by atoms with Crippen LogP contribution < -0.4 is 9.62 Å². The van der Waals surface area contributed by atoms with Crippen LogP contribution in [0.25, 0.3) is 0 Å². The van der Waals surface area contributed by atoms with Gasteiger partial charge in [-0.05, 0) is 53.9 Å². The highest BCUT2D eigenvalue weighted by molar-refractivity contribution is 9.10. The van der Waals surface area contributed by atoms with Crippen molar-refractivity contribution in [1.82, 2.24) is 10.2 Å². The molecule has 0 aromatic heterocycles. The number of carbonyl (C=O) groups excluding carboxylic acids is 2. The van der Waals surface area contributed by atoms with Gasteiger partial charge in [-0.1, -0.05) is 82.5 Å². The van der Waals surface area contributed by atoms with Crippen molar-refractivity contribution in [2.75, 3.05) is 23.7 Å². The lowest BCUT2D eigenvalue weighted by molar-refractivity contribution is -0.140. The summed E-state index contributed by atoms with van der Waals surface area (Å²) in [6, 6.07) is 20.0. The van der Waals surface area contributed by atoms with Crippen LogP contribution in [0.3, 0.4) is 0 Å². The minimum absolute atomic E-state index is 0.0186. The van der Waals surface area contributed by atoms with E-state index in [1.165, 1.54) is 4.90 Å². The molecule has 0 aliphatic carbocycles. The van der Waals surface area contributed by atoms with E-state index in [9.17, 15) is 18.0 Å². The molecular weight excluding hydrogens is 625 g/mol. The van der Waals surface area contributed by atoms with Crippen LogP contribution in [-0.2, 0) is 32.6 Å². The van der Waals surface area contributed by atoms with Gasteiger partial charge in [-0.2, -0.15) is 0 Å². The summed E-state index contributed by atoms with van der Waals surface area (Å²) in [5.74, 6) is -0.870. The van der Waals surface area contributed by atoms with E-state index < -0.39 is 28.5 Å². The average Bonchev–Trinajstić information content (AvgIpc) is 2.90. The number of hydrogen-bond donors (Lipinski definition) is 1. The molecule has 3 aromatic carbocycles. The first-order chi connectivity index (χ1) is 18.5. The lowest BCUT2D eigenvalue weighted by Crippen LogP contribution is -2.53. The average molecular weight is 655 g/mol. The zero-order valence-electron chi connectivity index (χ0n) is 21.6. The number of anilines is 1. The maximum Gasteiger partial charge on any atom is 0.244 e. The molecule has 1 atom stereocenters. The molecule has 3 rings (SSSR count). The van der Waals surface area contributed by atoms with Crippen LogP contribution in [0, 0.1) is 0 Å². The standard InChI is InChI=1S/C28H30BrCl2N3O4S/c1-3-15-32-28(36)26(17-20-7-5-4-6-8-20)33(18-21-9-14-24(30)25(31)16-21)27(35)19-34(39(2,37)38)23-12-10-22(29)11-13-23/h4-14,16,26H,3,15,17-19H2,1-2H3,(H,32,36)/t26-/m1/s1. The topological polar surface area (TPSA) is 86.8 Å². The molecule has 0 radical (unpaired) electrons. The number of nitrogens with zero attached hydrogens (tertiary/aromatic N) is 2. The van der Waals surface area contributed by atoms with Crippen molar-refractivity contribution in [1.29, 1.82) is 0 Å². The van der Waals surface area contributed by atoms with Crippen LogP contribution >= 0.6 is 39.1 Å². The summed E-state index contributed by atoms with van der Waals surface area (Å²) in [4.78, 5) is 28.9. The molecule has 39 heavy (non-hydrogen) atoms. The maximum absolute atomic E-state index is 14.0. The fourth-order valence-corrected chi connectivity index (χ4v) is 5.41. The van der Waals surface area contributed by atoms with Gasteiger partial charge in [0.15, 0.2) is 0 Å². The van der Waals surface area contributed by atoms with Crippen molar-refractivity contribution >= 4 is 66.7 Å². The smallest absolute Gasteiger partial charge is 0.244 e. The second-order valence-electron chi connectivity index (χ2n) is 9.01. The molecule has 0 heterocycles. The fourth-order valence-electron chi connectivity index (χ4n) is 3.98. The largest absolute Gasteiger partial charge is 0.354 e. The molecule has 0 saturated heterocycles. The van der Waals surface area contributed by atoms with Crippen molar-refractivity contribution in [2.24, 2.45) is 0 Å². The van der Waals surface area contributed by atoms with Crippen LogP contribution in [0.2, 0.25) is 10.0 Å². The Bertz CT molecular complexity index is 1390. The Morgan fingerprint density at radius 1 is 0.949 bits per heavy atom. The Balaban J connectivity index is 2.05. The maximum atomic E-state index is 14.0. The van der Waals surface area contributed by atoms with E-state index in [1.54, 1.807) is 42.5 Å². The molecule has 0 fully saturated rings. The number of benzene rings is 3. The minimum Gasteiger partial charge on any atom is -0.354 e. The molecule has 0 aliphatic rings. The summed E-state index contributed by atoms with van der Waals surface area (Å²) in [5, 5.41) is 3.57. The van der Waals surface area contributed by atoms with Gasteiger partial charge in [0.2, 0.25) is 21.8 Å². The van der Waals surface area contributed by atoms with Gasteiger partial charge in [0.25, 0.3) is 0 Å². The third-order valence-electron chi connectivity index (χ3n) is 5.95. The first-order valence-electron chi connectivity index (χ1n) is 12.3. The fraction of sp³-hybridized carbons (Fsp3) is 0.286. The number of rotatable bonds is 12. The van der Waals surface area contributed by atoms with E-state index in [2.05, 4.69) is 21.2 Å². The molecule has 11 heteroatoms. The van der Waals surface area contributed by atoms with Crippen molar-refractivity contribution in [3.8, 4) is 0 Å². The van der Waals surface area contributed by atoms with Crippen LogP contribution in [-0.4, -0.2) is 50.5 Å². The molecule has 2 amide bonds. The summed E-state index contributed by atoms with van der Waals surface area (Å²) in [6.07, 6.45) is 2.00. The summed E-state index contributed by atoms with van der Waals surface area (Å²) < 4.78 is 27.4. The Morgan fingerprint density at radius 3 is 2.21 bits per heavy atom. The molecule has 7 nitrogen and oxygen atoms in total. The molecule has 1 N–H and O–H groups in total. The van der Waals surface area contributed by atoms with E-state index in [4.69, 9.17) is 23.2 Å². The first-order valence-corrected chi connectivity index (χ1v) is 15.7. The number of amides is 2. The zero-order chi connectivity index (χ0) is 28.6. The van der Waals surface area contributed by atoms with Crippen LogP contribution in [0.4, 0.5) is 5.69 Å². The van der Waals surface area contributed by atoms with Crippen molar-refractivity contribution in [2.45, 2.75) is 32.4 Å². The number of nitrogens with one attached hydrogen (secondary N) is 1. The lowest BCUT2D eigenvalue weighted by Gasteiger charge is -2.33. The van der Waals surface area contributed by atoms with Gasteiger partial charge in [0.1, 0.15) is 12.6 Å². The van der Waals surface area contributed by atoms with E-state index in [0.717, 1.165) is 27.0 Å². The number of carbonyl (C=O) groups is 2. The highest BCUT2D eigenvalue weighted by atomic mass is 79.9. The minimum atomic E-state index is -3.83. The number of sulfonamides is 1. The van der Waals surface area contributed by atoms with Crippen molar-refractivity contribution < 1.29 is 18.0 Å². The van der Waals surface area contributed by atoms with Gasteiger partial charge in [-0.25, -0.2) is 8.42 Å². The molecular formula is C28H30BrCl2N3O4S.